The number of aromatic nitrogens is 2. The Morgan fingerprint density at radius 1 is 1.22 bits per heavy atom. The summed E-state index contributed by atoms with van der Waals surface area (Å²) < 4.78 is 70.2. The molecule has 1 unspecified atom stereocenters. The SMILES string of the molecule is C[C@]1(C(N)=O)COc2c1cc(C(O)(CNC(=O)c1cc(OC3CC3)c3nc(N)sc3c1)C(F)(F)F)nc2-c1ccc(F)c(Cl)c1. The summed E-state index contributed by atoms with van der Waals surface area (Å²) in [4.78, 5) is 34.0. The number of anilines is 1. The number of rotatable bonds is 8. The molecule has 16 heteroatoms. The first-order valence-electron chi connectivity index (χ1n) is 13.5. The van der Waals surface area contributed by atoms with Gasteiger partial charge in [-0.15, -0.1) is 0 Å². The number of aliphatic hydroxyl groups is 1. The molecule has 0 spiro atoms. The second-order valence-electron chi connectivity index (χ2n) is 11.1. The average molecular weight is 666 g/mol. The molecule has 2 amide bonds. The largest absolute Gasteiger partial charge is 0.489 e. The molecule has 3 heterocycles. The van der Waals surface area contributed by atoms with E-state index in [1.165, 1.54) is 25.1 Å². The Kier molecular flexibility index (Phi) is 7.33. The van der Waals surface area contributed by atoms with Crippen molar-refractivity contribution in [1.82, 2.24) is 15.3 Å². The number of amides is 2. The summed E-state index contributed by atoms with van der Waals surface area (Å²) in [5, 5.41) is 13.3. The Morgan fingerprint density at radius 2 is 1.96 bits per heavy atom. The summed E-state index contributed by atoms with van der Waals surface area (Å²) in [6, 6.07) is 6.92. The highest BCUT2D eigenvalue weighted by Crippen LogP contribution is 2.48. The van der Waals surface area contributed by atoms with Crippen molar-refractivity contribution in [3.8, 4) is 22.8 Å². The minimum absolute atomic E-state index is 0.0436. The van der Waals surface area contributed by atoms with Crippen molar-refractivity contribution in [3.63, 3.8) is 0 Å². The number of thiazole rings is 1. The zero-order chi connectivity index (χ0) is 32.5. The zero-order valence-corrected chi connectivity index (χ0v) is 24.9. The maximum Gasteiger partial charge on any atom is 0.424 e. The Morgan fingerprint density at radius 3 is 2.60 bits per heavy atom. The Balaban J connectivity index is 1.41. The molecule has 2 aromatic carbocycles. The molecule has 0 saturated heterocycles. The number of benzene rings is 2. The molecule has 1 aliphatic heterocycles. The maximum atomic E-state index is 14.7. The molecule has 10 nitrogen and oxygen atoms in total. The minimum Gasteiger partial charge on any atom is -0.489 e. The molecule has 0 bridgehead atoms. The zero-order valence-electron chi connectivity index (χ0n) is 23.3. The smallest absolute Gasteiger partial charge is 0.424 e. The van der Waals surface area contributed by atoms with Crippen molar-refractivity contribution >= 4 is 50.1 Å². The summed E-state index contributed by atoms with van der Waals surface area (Å²) >= 11 is 7.00. The lowest BCUT2D eigenvalue weighted by atomic mass is 9.81. The van der Waals surface area contributed by atoms with Gasteiger partial charge in [-0.1, -0.05) is 22.9 Å². The highest BCUT2D eigenvalue weighted by molar-refractivity contribution is 7.22. The number of halogens is 5. The molecule has 2 aromatic heterocycles. The number of hydrogen-bond acceptors (Lipinski definition) is 9. The van der Waals surface area contributed by atoms with Crippen LogP contribution in [0, 0.1) is 5.82 Å². The van der Waals surface area contributed by atoms with E-state index >= 15 is 0 Å². The highest BCUT2D eigenvalue weighted by Gasteiger charge is 2.57. The number of nitrogens with two attached hydrogens (primary N) is 2. The minimum atomic E-state index is -5.39. The Hall–Kier alpha value is -4.21. The highest BCUT2D eigenvalue weighted by atomic mass is 35.5. The second-order valence-corrected chi connectivity index (χ2v) is 12.5. The first-order valence-corrected chi connectivity index (χ1v) is 14.7. The first kappa shape index (κ1) is 30.8. The number of primary amides is 1. The molecule has 6 N–H and O–H groups in total. The maximum absolute atomic E-state index is 14.7. The van der Waals surface area contributed by atoms with Crippen LogP contribution in [-0.2, 0) is 15.8 Å². The number of pyridine rings is 1. The predicted molar refractivity (Wildman–Crippen MR) is 157 cm³/mol. The van der Waals surface area contributed by atoms with E-state index in [0.29, 0.717) is 10.2 Å². The number of fused-ring (bicyclic) bond motifs is 2. The summed E-state index contributed by atoms with van der Waals surface area (Å²) in [6.07, 6.45) is -3.86. The van der Waals surface area contributed by atoms with Crippen LogP contribution in [0.2, 0.25) is 5.02 Å². The number of hydrogen-bond donors (Lipinski definition) is 4. The third-order valence-corrected chi connectivity index (χ3v) is 8.88. The van der Waals surface area contributed by atoms with Crippen molar-refractivity contribution in [2.24, 2.45) is 5.73 Å². The van der Waals surface area contributed by atoms with Crippen LogP contribution < -0.4 is 26.3 Å². The molecule has 0 radical (unpaired) electrons. The number of alkyl halides is 3. The van der Waals surface area contributed by atoms with E-state index in [1.807, 2.05) is 0 Å². The van der Waals surface area contributed by atoms with Crippen LogP contribution in [0.3, 0.4) is 0 Å². The van der Waals surface area contributed by atoms with Crippen molar-refractivity contribution in [2.45, 2.75) is 43.1 Å². The fraction of sp³-hybridized carbons (Fsp3) is 0.310. The number of carbonyl (C=O) groups excluding carboxylic acids is 2. The van der Waals surface area contributed by atoms with E-state index in [4.69, 9.17) is 32.5 Å². The van der Waals surface area contributed by atoms with E-state index in [-0.39, 0.29) is 56.7 Å². The molecule has 236 valence electrons. The predicted octanol–water partition coefficient (Wildman–Crippen LogP) is 4.59. The van der Waals surface area contributed by atoms with Crippen molar-refractivity contribution in [3.05, 3.63) is 64.1 Å². The van der Waals surface area contributed by atoms with Crippen LogP contribution in [0.4, 0.5) is 22.7 Å². The fourth-order valence-electron chi connectivity index (χ4n) is 4.89. The van der Waals surface area contributed by atoms with Gasteiger partial charge in [0, 0.05) is 16.7 Å². The Bertz CT molecular complexity index is 1880. The molecule has 6 rings (SSSR count). The number of carbonyl (C=O) groups is 2. The van der Waals surface area contributed by atoms with Crippen molar-refractivity contribution < 1.29 is 41.7 Å². The second kappa shape index (κ2) is 10.7. The summed E-state index contributed by atoms with van der Waals surface area (Å²) in [5.74, 6) is -2.49. The van der Waals surface area contributed by atoms with Gasteiger partial charge in [-0.05, 0) is 56.2 Å². The van der Waals surface area contributed by atoms with Gasteiger partial charge in [-0.3, -0.25) is 9.59 Å². The quantitative estimate of drug-likeness (QED) is 0.199. The Labute approximate surface area is 261 Å². The summed E-state index contributed by atoms with van der Waals surface area (Å²) in [6.45, 7) is -0.341. The first-order chi connectivity index (χ1) is 21.1. The van der Waals surface area contributed by atoms with Gasteiger partial charge in [0.15, 0.2) is 5.13 Å². The van der Waals surface area contributed by atoms with Gasteiger partial charge in [-0.2, -0.15) is 13.2 Å². The molecular formula is C29H24ClF4N5O5S. The lowest BCUT2D eigenvalue weighted by Crippen LogP contribution is -2.51. The van der Waals surface area contributed by atoms with E-state index in [1.54, 1.807) is 0 Å². The van der Waals surface area contributed by atoms with Crippen LogP contribution in [0.25, 0.3) is 21.5 Å². The van der Waals surface area contributed by atoms with E-state index < -0.39 is 47.1 Å². The standard InChI is InChI=1S/C29H24ClF4N5O5S/c1-27(25(35)41)11-43-23-15(27)9-20(38-21(23)12-2-5-17(31)16(30)6-12)28(42,29(32,33)34)10-37-24(40)13-7-18(44-14-3-4-14)22-19(8-13)45-26(36)39-22/h2,5-9,14,42H,3-4,10-11H2,1H3,(H2,35,41)(H2,36,39)(H,37,40)/t27-,28?/m0/s1. The summed E-state index contributed by atoms with van der Waals surface area (Å²) in [7, 11) is 0. The lowest BCUT2D eigenvalue weighted by molar-refractivity contribution is -0.265. The van der Waals surface area contributed by atoms with Crippen LogP contribution in [0.1, 0.15) is 41.4 Å². The molecule has 4 aromatic rings. The van der Waals surface area contributed by atoms with Crippen molar-refractivity contribution in [1.29, 1.82) is 0 Å². The number of ether oxygens (including phenoxy) is 2. The number of nitrogens with one attached hydrogen (secondary N) is 1. The van der Waals surface area contributed by atoms with Gasteiger partial charge in [0.25, 0.3) is 5.91 Å². The van der Waals surface area contributed by atoms with E-state index in [0.717, 1.165) is 42.4 Å². The van der Waals surface area contributed by atoms with Crippen LogP contribution in [0.15, 0.2) is 36.4 Å². The van der Waals surface area contributed by atoms with Crippen LogP contribution in [-0.4, -0.2) is 52.3 Å². The van der Waals surface area contributed by atoms with E-state index in [2.05, 4.69) is 15.3 Å². The number of nitrogens with zero attached hydrogens (tertiary/aromatic N) is 2. The molecule has 2 aliphatic rings. The van der Waals surface area contributed by atoms with Gasteiger partial charge in [0.1, 0.15) is 40.5 Å². The topological polar surface area (TPSA) is 163 Å². The molecule has 1 fully saturated rings. The van der Waals surface area contributed by atoms with Gasteiger partial charge < -0.3 is 31.4 Å². The van der Waals surface area contributed by atoms with Crippen molar-refractivity contribution in [2.75, 3.05) is 18.9 Å². The number of nitrogen functional groups attached to an aromatic ring is 1. The van der Waals surface area contributed by atoms with Gasteiger partial charge >= 0.3 is 6.18 Å². The third kappa shape index (κ3) is 5.38. The third-order valence-electron chi connectivity index (χ3n) is 7.76. The summed E-state index contributed by atoms with van der Waals surface area (Å²) in [5.41, 5.74) is 5.16. The lowest BCUT2D eigenvalue weighted by Gasteiger charge is -2.31. The molecule has 2 atom stereocenters. The van der Waals surface area contributed by atoms with Gasteiger partial charge in [-0.25, -0.2) is 14.4 Å². The van der Waals surface area contributed by atoms with E-state index in [9.17, 15) is 32.3 Å². The molecule has 45 heavy (non-hydrogen) atoms. The van der Waals surface area contributed by atoms with Gasteiger partial charge in [0.05, 0.1) is 28.1 Å². The molecular weight excluding hydrogens is 642 g/mol. The fourth-order valence-corrected chi connectivity index (χ4v) is 5.86. The molecule has 1 saturated carbocycles. The van der Waals surface area contributed by atoms with Gasteiger partial charge in [0.2, 0.25) is 11.5 Å². The van der Waals surface area contributed by atoms with Crippen LogP contribution >= 0.6 is 22.9 Å². The molecule has 1 aliphatic carbocycles. The average Bonchev–Trinajstić information content (AvgIpc) is 3.61. The van der Waals surface area contributed by atoms with Crippen LogP contribution in [0.5, 0.6) is 11.5 Å². The monoisotopic (exact) mass is 665 g/mol. The normalized spacial score (nSPS) is 19.1.